The molecule has 0 heterocycles. The van der Waals surface area contributed by atoms with Crippen LogP contribution in [0.25, 0.3) is 0 Å². The van der Waals surface area contributed by atoms with Gasteiger partial charge in [-0.15, -0.1) is 0 Å². The maximum absolute atomic E-state index is 5.94. The van der Waals surface area contributed by atoms with E-state index in [9.17, 15) is 0 Å². The van der Waals surface area contributed by atoms with E-state index in [4.69, 9.17) is 5.73 Å². The summed E-state index contributed by atoms with van der Waals surface area (Å²) >= 11 is 2.08. The molecule has 1 rings (SSSR count). The molecule has 17 heavy (non-hydrogen) atoms. The normalized spacial score (nSPS) is 29.8. The van der Waals surface area contributed by atoms with E-state index in [1.54, 1.807) is 0 Å². The average molecular weight is 257 g/mol. The predicted octanol–water partition coefficient (Wildman–Crippen LogP) is 4.17. The minimum Gasteiger partial charge on any atom is -0.330 e. The topological polar surface area (TPSA) is 26.0 Å². The third-order valence-electron chi connectivity index (χ3n) is 4.49. The summed E-state index contributed by atoms with van der Waals surface area (Å²) in [7, 11) is 0. The molecule has 2 N–H and O–H groups in total. The predicted molar refractivity (Wildman–Crippen MR) is 80.4 cm³/mol. The lowest BCUT2D eigenvalue weighted by molar-refractivity contribution is 0.144. The van der Waals surface area contributed by atoms with Crippen LogP contribution in [-0.2, 0) is 0 Å². The van der Waals surface area contributed by atoms with Crippen molar-refractivity contribution in [1.29, 1.82) is 0 Å². The van der Waals surface area contributed by atoms with Crippen LogP contribution in [0.15, 0.2) is 0 Å². The van der Waals surface area contributed by atoms with Gasteiger partial charge in [0.1, 0.15) is 0 Å². The molecule has 0 amide bonds. The van der Waals surface area contributed by atoms with E-state index in [2.05, 4.69) is 32.5 Å². The van der Waals surface area contributed by atoms with E-state index in [-0.39, 0.29) is 0 Å². The zero-order valence-electron chi connectivity index (χ0n) is 12.0. The van der Waals surface area contributed by atoms with Crippen LogP contribution >= 0.6 is 11.8 Å². The van der Waals surface area contributed by atoms with Crippen LogP contribution in [0.2, 0.25) is 0 Å². The number of rotatable bonds is 7. The molecule has 3 atom stereocenters. The summed E-state index contributed by atoms with van der Waals surface area (Å²) in [4.78, 5) is 0. The highest BCUT2D eigenvalue weighted by molar-refractivity contribution is 7.99. The molecule has 3 unspecified atom stereocenters. The fourth-order valence-corrected chi connectivity index (χ4v) is 3.88. The standard InChI is InChI=1S/C15H31NS/c1-4-17-9-5-6-14-10-13(12(2)3)7-8-15(14)11-16/h12-15H,4-11,16H2,1-3H3. The quantitative estimate of drug-likeness (QED) is 0.693. The van der Waals surface area contributed by atoms with Crippen molar-refractivity contribution in [3.05, 3.63) is 0 Å². The van der Waals surface area contributed by atoms with E-state index in [1.165, 1.54) is 43.6 Å². The number of hydrogen-bond donors (Lipinski definition) is 1. The van der Waals surface area contributed by atoms with Crippen molar-refractivity contribution in [1.82, 2.24) is 0 Å². The van der Waals surface area contributed by atoms with Crippen molar-refractivity contribution in [2.75, 3.05) is 18.1 Å². The van der Waals surface area contributed by atoms with E-state index in [1.807, 2.05) is 0 Å². The Morgan fingerprint density at radius 1 is 1.24 bits per heavy atom. The molecule has 1 aliphatic carbocycles. The molecule has 0 aromatic rings. The second kappa shape index (κ2) is 8.42. The highest BCUT2D eigenvalue weighted by atomic mass is 32.2. The fraction of sp³-hybridized carbons (Fsp3) is 1.00. The molecule has 0 radical (unpaired) electrons. The van der Waals surface area contributed by atoms with Crippen molar-refractivity contribution in [2.24, 2.45) is 29.4 Å². The van der Waals surface area contributed by atoms with Gasteiger partial charge in [-0.2, -0.15) is 11.8 Å². The number of hydrogen-bond acceptors (Lipinski definition) is 2. The SMILES string of the molecule is CCSCCCC1CC(C(C)C)CCC1CN. The smallest absolute Gasteiger partial charge is 0.00462 e. The third-order valence-corrected chi connectivity index (χ3v) is 5.48. The molecule has 0 aliphatic heterocycles. The zero-order valence-corrected chi connectivity index (χ0v) is 12.8. The van der Waals surface area contributed by atoms with Gasteiger partial charge >= 0.3 is 0 Å². The third kappa shape index (κ3) is 5.21. The monoisotopic (exact) mass is 257 g/mol. The van der Waals surface area contributed by atoms with Crippen molar-refractivity contribution in [2.45, 2.75) is 52.9 Å². The first kappa shape index (κ1) is 15.4. The lowest BCUT2D eigenvalue weighted by Crippen LogP contribution is -2.32. The second-order valence-electron chi connectivity index (χ2n) is 5.91. The van der Waals surface area contributed by atoms with Gasteiger partial charge in [0.2, 0.25) is 0 Å². The fourth-order valence-electron chi connectivity index (χ4n) is 3.22. The van der Waals surface area contributed by atoms with Gasteiger partial charge in [-0.1, -0.05) is 20.8 Å². The maximum Gasteiger partial charge on any atom is -0.00462 e. The summed E-state index contributed by atoms with van der Waals surface area (Å²) in [6, 6.07) is 0. The molecule has 0 aromatic carbocycles. The van der Waals surface area contributed by atoms with Crippen LogP contribution < -0.4 is 5.73 Å². The molecule has 0 bridgehead atoms. The molecular formula is C15H31NS. The Kier molecular flexibility index (Phi) is 7.61. The Morgan fingerprint density at radius 3 is 2.59 bits per heavy atom. The van der Waals surface area contributed by atoms with Gasteiger partial charge in [0.05, 0.1) is 0 Å². The minimum atomic E-state index is 0.816. The Balaban J connectivity index is 2.34. The van der Waals surface area contributed by atoms with E-state index < -0.39 is 0 Å². The van der Waals surface area contributed by atoms with E-state index in [0.29, 0.717) is 0 Å². The van der Waals surface area contributed by atoms with Crippen molar-refractivity contribution >= 4 is 11.8 Å². The lowest BCUT2D eigenvalue weighted by atomic mass is 9.69. The zero-order chi connectivity index (χ0) is 12.7. The van der Waals surface area contributed by atoms with Crippen LogP contribution in [0.4, 0.5) is 0 Å². The molecule has 1 aliphatic rings. The van der Waals surface area contributed by atoms with Crippen LogP contribution in [0.3, 0.4) is 0 Å². The molecule has 0 spiro atoms. The van der Waals surface area contributed by atoms with Crippen LogP contribution in [0.5, 0.6) is 0 Å². The first-order valence-electron chi connectivity index (χ1n) is 7.46. The summed E-state index contributed by atoms with van der Waals surface area (Å²) in [5.74, 6) is 6.16. The molecule has 1 saturated carbocycles. The van der Waals surface area contributed by atoms with Crippen molar-refractivity contribution in [3.8, 4) is 0 Å². The van der Waals surface area contributed by atoms with Gasteiger partial charge in [-0.05, 0) is 73.8 Å². The van der Waals surface area contributed by atoms with Crippen LogP contribution in [0, 0.1) is 23.7 Å². The Hall–Kier alpha value is 0.310. The highest BCUT2D eigenvalue weighted by Gasteiger charge is 2.30. The van der Waals surface area contributed by atoms with Gasteiger partial charge in [-0.25, -0.2) is 0 Å². The van der Waals surface area contributed by atoms with Gasteiger partial charge in [0.15, 0.2) is 0 Å². The van der Waals surface area contributed by atoms with E-state index >= 15 is 0 Å². The number of nitrogens with two attached hydrogens (primary N) is 1. The van der Waals surface area contributed by atoms with Gasteiger partial charge in [0.25, 0.3) is 0 Å². The molecule has 2 heteroatoms. The molecule has 0 aromatic heterocycles. The summed E-state index contributed by atoms with van der Waals surface area (Å²) in [6.07, 6.45) is 7.05. The van der Waals surface area contributed by atoms with Crippen LogP contribution in [-0.4, -0.2) is 18.1 Å². The minimum absolute atomic E-state index is 0.816. The summed E-state index contributed by atoms with van der Waals surface area (Å²) in [5.41, 5.74) is 5.94. The molecule has 1 nitrogen and oxygen atoms in total. The molecule has 1 fully saturated rings. The van der Waals surface area contributed by atoms with Gasteiger partial charge in [0, 0.05) is 0 Å². The largest absolute Gasteiger partial charge is 0.330 e. The Labute approximate surface area is 112 Å². The number of thioether (sulfide) groups is 1. The Morgan fingerprint density at radius 2 is 2.00 bits per heavy atom. The Bertz CT molecular complexity index is 193. The first-order valence-corrected chi connectivity index (χ1v) is 8.62. The van der Waals surface area contributed by atoms with Crippen molar-refractivity contribution in [3.63, 3.8) is 0 Å². The second-order valence-corrected chi connectivity index (χ2v) is 7.31. The molecule has 0 saturated heterocycles. The van der Waals surface area contributed by atoms with Gasteiger partial charge < -0.3 is 5.73 Å². The molecular weight excluding hydrogens is 226 g/mol. The average Bonchev–Trinajstić information content (AvgIpc) is 2.34. The van der Waals surface area contributed by atoms with Crippen LogP contribution in [0.1, 0.15) is 52.9 Å². The van der Waals surface area contributed by atoms with E-state index in [0.717, 1.165) is 30.2 Å². The first-order chi connectivity index (χ1) is 8.19. The van der Waals surface area contributed by atoms with Gasteiger partial charge in [-0.3, -0.25) is 0 Å². The maximum atomic E-state index is 5.94. The summed E-state index contributed by atoms with van der Waals surface area (Å²) in [5, 5.41) is 0. The lowest BCUT2D eigenvalue weighted by Gasteiger charge is -2.37. The highest BCUT2D eigenvalue weighted by Crippen LogP contribution is 2.39. The summed E-state index contributed by atoms with van der Waals surface area (Å²) < 4.78 is 0. The molecule has 102 valence electrons. The van der Waals surface area contributed by atoms with Crippen molar-refractivity contribution < 1.29 is 0 Å². The summed E-state index contributed by atoms with van der Waals surface area (Å²) in [6.45, 7) is 7.94.